The van der Waals surface area contributed by atoms with Gasteiger partial charge < -0.3 is 14.4 Å². The molecule has 3 rings (SSSR count). The highest BCUT2D eigenvalue weighted by atomic mass is 16.5. The lowest BCUT2D eigenvalue weighted by molar-refractivity contribution is -0.120. The van der Waals surface area contributed by atoms with Crippen LogP contribution in [-0.2, 0) is 11.2 Å². The van der Waals surface area contributed by atoms with E-state index in [0.717, 1.165) is 37.2 Å². The topological polar surface area (TPSA) is 38.8 Å². The molecule has 0 aliphatic carbocycles. The molecule has 0 atom stereocenters. The van der Waals surface area contributed by atoms with Crippen LogP contribution in [0.4, 0.5) is 5.69 Å². The molecule has 1 aliphatic rings. The zero-order chi connectivity index (χ0) is 18.2. The first-order valence-corrected chi connectivity index (χ1v) is 9.52. The van der Waals surface area contributed by atoms with Gasteiger partial charge in [-0.1, -0.05) is 44.0 Å². The molecule has 0 unspecified atom stereocenters. The Balaban J connectivity index is 1.55. The van der Waals surface area contributed by atoms with Gasteiger partial charge in [0.15, 0.2) is 6.61 Å². The summed E-state index contributed by atoms with van der Waals surface area (Å²) in [5.74, 6) is 1.44. The fourth-order valence-electron chi connectivity index (χ4n) is 3.21. The number of hydrogen-bond donors (Lipinski definition) is 0. The molecule has 0 saturated carbocycles. The van der Waals surface area contributed by atoms with Gasteiger partial charge in [0.2, 0.25) is 0 Å². The fourth-order valence-corrected chi connectivity index (χ4v) is 3.21. The smallest absolute Gasteiger partial charge is 0.264 e. The molecule has 0 N–H and O–H groups in total. The number of amides is 1. The number of carbonyl (C=O) groups excluding carboxylic acids is 1. The SMILES string of the molecule is CCCCCOc1cccc(OCC(=O)N2CCCc3ccccc32)c1. The Labute approximate surface area is 155 Å². The van der Waals surface area contributed by atoms with Crippen LogP contribution in [0.1, 0.15) is 38.2 Å². The summed E-state index contributed by atoms with van der Waals surface area (Å²) in [4.78, 5) is 14.5. The molecule has 1 amide bonds. The molecule has 1 aliphatic heterocycles. The van der Waals surface area contributed by atoms with Crippen molar-refractivity contribution in [2.45, 2.75) is 39.0 Å². The molecule has 0 saturated heterocycles. The Kier molecular flexibility index (Phi) is 6.53. The normalized spacial score (nSPS) is 13.2. The summed E-state index contributed by atoms with van der Waals surface area (Å²) >= 11 is 0. The summed E-state index contributed by atoms with van der Waals surface area (Å²) in [6.45, 7) is 3.67. The van der Waals surface area contributed by atoms with Crippen molar-refractivity contribution in [2.75, 3.05) is 24.7 Å². The lowest BCUT2D eigenvalue weighted by Gasteiger charge is -2.29. The quantitative estimate of drug-likeness (QED) is 0.650. The second-order valence-electron chi connectivity index (χ2n) is 6.60. The molecule has 4 nitrogen and oxygen atoms in total. The Hall–Kier alpha value is -2.49. The van der Waals surface area contributed by atoms with Crippen LogP contribution < -0.4 is 14.4 Å². The molecule has 0 radical (unpaired) electrons. The Morgan fingerprint density at radius 2 is 1.85 bits per heavy atom. The fraction of sp³-hybridized carbons (Fsp3) is 0.409. The van der Waals surface area contributed by atoms with Gasteiger partial charge >= 0.3 is 0 Å². The van der Waals surface area contributed by atoms with Crippen LogP contribution in [0.15, 0.2) is 48.5 Å². The number of hydrogen-bond acceptors (Lipinski definition) is 3. The van der Waals surface area contributed by atoms with E-state index < -0.39 is 0 Å². The summed E-state index contributed by atoms with van der Waals surface area (Å²) in [6, 6.07) is 15.6. The first kappa shape index (κ1) is 18.3. The molecular weight excluding hydrogens is 326 g/mol. The molecule has 0 bridgehead atoms. The number of aryl methyl sites for hydroxylation is 1. The van der Waals surface area contributed by atoms with Gasteiger partial charge in [-0.3, -0.25) is 4.79 Å². The van der Waals surface area contributed by atoms with Crippen molar-refractivity contribution in [1.82, 2.24) is 0 Å². The van der Waals surface area contributed by atoms with Gasteiger partial charge in [0.1, 0.15) is 11.5 Å². The van der Waals surface area contributed by atoms with Gasteiger partial charge in [-0.15, -0.1) is 0 Å². The lowest BCUT2D eigenvalue weighted by atomic mass is 10.0. The van der Waals surface area contributed by atoms with Crippen molar-refractivity contribution < 1.29 is 14.3 Å². The number of fused-ring (bicyclic) bond motifs is 1. The Morgan fingerprint density at radius 3 is 2.69 bits per heavy atom. The van der Waals surface area contributed by atoms with Crippen LogP contribution in [0.3, 0.4) is 0 Å². The lowest BCUT2D eigenvalue weighted by Crippen LogP contribution is -2.38. The monoisotopic (exact) mass is 353 g/mol. The number of para-hydroxylation sites is 1. The largest absolute Gasteiger partial charge is 0.493 e. The average molecular weight is 353 g/mol. The van der Waals surface area contributed by atoms with Gasteiger partial charge in [0.25, 0.3) is 5.91 Å². The molecule has 0 aromatic heterocycles. The molecule has 138 valence electrons. The molecule has 2 aromatic rings. The molecular formula is C22H27NO3. The maximum atomic E-state index is 12.6. The number of unbranched alkanes of at least 4 members (excludes halogenated alkanes) is 2. The average Bonchev–Trinajstić information content (AvgIpc) is 2.69. The van der Waals surface area contributed by atoms with E-state index in [2.05, 4.69) is 13.0 Å². The number of nitrogens with zero attached hydrogens (tertiary/aromatic N) is 1. The Morgan fingerprint density at radius 1 is 1.04 bits per heavy atom. The van der Waals surface area contributed by atoms with Crippen LogP contribution in [0.5, 0.6) is 11.5 Å². The second-order valence-corrected chi connectivity index (χ2v) is 6.60. The summed E-state index contributed by atoms with van der Waals surface area (Å²) in [6.07, 6.45) is 5.41. The second kappa shape index (κ2) is 9.27. The van der Waals surface area contributed by atoms with Crippen molar-refractivity contribution in [1.29, 1.82) is 0 Å². The zero-order valence-corrected chi connectivity index (χ0v) is 15.4. The molecule has 4 heteroatoms. The van der Waals surface area contributed by atoms with E-state index in [0.29, 0.717) is 12.4 Å². The molecule has 26 heavy (non-hydrogen) atoms. The van der Waals surface area contributed by atoms with Crippen LogP contribution in [0.25, 0.3) is 0 Å². The minimum absolute atomic E-state index is 0.00795. The summed E-state index contributed by atoms with van der Waals surface area (Å²) in [5, 5.41) is 0. The number of carbonyl (C=O) groups is 1. The third-order valence-electron chi connectivity index (χ3n) is 4.60. The first-order valence-electron chi connectivity index (χ1n) is 9.52. The van der Waals surface area contributed by atoms with E-state index in [1.165, 1.54) is 18.4 Å². The van der Waals surface area contributed by atoms with Gasteiger partial charge in [-0.2, -0.15) is 0 Å². The third kappa shape index (κ3) is 4.78. The number of rotatable bonds is 8. The van der Waals surface area contributed by atoms with Crippen LogP contribution in [-0.4, -0.2) is 25.7 Å². The summed E-state index contributed by atoms with van der Waals surface area (Å²) in [7, 11) is 0. The van der Waals surface area contributed by atoms with Crippen molar-refractivity contribution in [3.63, 3.8) is 0 Å². The minimum Gasteiger partial charge on any atom is -0.493 e. The highest BCUT2D eigenvalue weighted by Gasteiger charge is 2.22. The number of benzene rings is 2. The predicted octanol–water partition coefficient (Wildman–Crippen LogP) is 4.61. The zero-order valence-electron chi connectivity index (χ0n) is 15.4. The van der Waals surface area contributed by atoms with E-state index in [1.807, 2.05) is 47.4 Å². The van der Waals surface area contributed by atoms with E-state index in [1.54, 1.807) is 0 Å². The molecule has 0 spiro atoms. The summed E-state index contributed by atoms with van der Waals surface area (Å²) < 4.78 is 11.5. The molecule has 1 heterocycles. The maximum Gasteiger partial charge on any atom is 0.264 e. The van der Waals surface area contributed by atoms with Gasteiger partial charge in [-0.25, -0.2) is 0 Å². The summed E-state index contributed by atoms with van der Waals surface area (Å²) in [5.41, 5.74) is 2.25. The van der Waals surface area contributed by atoms with Crippen molar-refractivity contribution in [3.05, 3.63) is 54.1 Å². The third-order valence-corrected chi connectivity index (χ3v) is 4.60. The van der Waals surface area contributed by atoms with E-state index >= 15 is 0 Å². The Bertz CT molecular complexity index is 729. The van der Waals surface area contributed by atoms with Gasteiger partial charge in [0, 0.05) is 18.3 Å². The predicted molar refractivity (Wildman–Crippen MR) is 104 cm³/mol. The van der Waals surface area contributed by atoms with Crippen LogP contribution >= 0.6 is 0 Å². The van der Waals surface area contributed by atoms with Crippen molar-refractivity contribution in [2.24, 2.45) is 0 Å². The van der Waals surface area contributed by atoms with Crippen LogP contribution in [0.2, 0.25) is 0 Å². The first-order chi connectivity index (χ1) is 12.8. The standard InChI is InChI=1S/C22H27NO3/c1-2-3-6-15-25-19-11-7-12-20(16-19)26-17-22(24)23-14-8-10-18-9-4-5-13-21(18)23/h4-5,7,9,11-13,16H,2-3,6,8,10,14-15,17H2,1H3. The molecule has 0 fully saturated rings. The number of anilines is 1. The van der Waals surface area contributed by atoms with Gasteiger partial charge in [0.05, 0.1) is 6.61 Å². The number of ether oxygens (including phenoxy) is 2. The highest BCUT2D eigenvalue weighted by Crippen LogP contribution is 2.27. The van der Waals surface area contributed by atoms with E-state index in [9.17, 15) is 4.79 Å². The van der Waals surface area contributed by atoms with E-state index in [-0.39, 0.29) is 12.5 Å². The van der Waals surface area contributed by atoms with Crippen molar-refractivity contribution in [3.8, 4) is 11.5 Å². The van der Waals surface area contributed by atoms with Gasteiger partial charge in [-0.05, 0) is 43.0 Å². The highest BCUT2D eigenvalue weighted by molar-refractivity contribution is 5.95. The van der Waals surface area contributed by atoms with Crippen molar-refractivity contribution >= 4 is 11.6 Å². The van der Waals surface area contributed by atoms with Crippen LogP contribution in [0, 0.1) is 0 Å². The van der Waals surface area contributed by atoms with E-state index in [4.69, 9.17) is 9.47 Å². The molecule has 2 aromatic carbocycles. The minimum atomic E-state index is -0.00795. The maximum absolute atomic E-state index is 12.6.